The van der Waals surface area contributed by atoms with Crippen LogP contribution in [0.3, 0.4) is 0 Å². The molecule has 0 unspecified atom stereocenters. The van der Waals surface area contributed by atoms with Crippen LogP contribution in [0.4, 0.5) is 11.5 Å². The molecule has 1 aromatic heterocycles. The van der Waals surface area contributed by atoms with E-state index in [0.717, 1.165) is 24.8 Å². The number of benzene rings is 1. The van der Waals surface area contributed by atoms with Gasteiger partial charge in [-0.05, 0) is 43.0 Å². The normalized spacial score (nSPS) is 15.2. The summed E-state index contributed by atoms with van der Waals surface area (Å²) in [6.45, 7) is 4.38. The van der Waals surface area contributed by atoms with Crippen molar-refractivity contribution in [1.29, 1.82) is 0 Å². The number of pyridine rings is 1. The minimum atomic E-state index is -0.200. The number of methoxy groups -OCH3 is 1. The van der Waals surface area contributed by atoms with Crippen molar-refractivity contribution < 1.29 is 9.53 Å². The number of nitrogens with one attached hydrogen (secondary N) is 1. The van der Waals surface area contributed by atoms with Gasteiger partial charge in [-0.1, -0.05) is 19.1 Å². The number of hydrogen-bond donors (Lipinski definition) is 1. The van der Waals surface area contributed by atoms with Gasteiger partial charge >= 0.3 is 0 Å². The summed E-state index contributed by atoms with van der Waals surface area (Å²) in [5, 5.41) is 2.87. The van der Waals surface area contributed by atoms with Gasteiger partial charge in [-0.2, -0.15) is 0 Å². The van der Waals surface area contributed by atoms with E-state index in [1.165, 1.54) is 12.8 Å². The van der Waals surface area contributed by atoms with E-state index in [4.69, 9.17) is 4.74 Å². The molecule has 0 spiro atoms. The minimum Gasteiger partial charge on any atom is -0.496 e. The van der Waals surface area contributed by atoms with E-state index in [0.29, 0.717) is 17.0 Å². The number of piperidine rings is 1. The van der Waals surface area contributed by atoms with Crippen LogP contribution in [-0.4, -0.2) is 31.1 Å². The molecule has 0 bridgehead atoms. The maximum atomic E-state index is 12.4. The molecule has 1 N–H and O–H groups in total. The number of aromatic nitrogens is 1. The predicted octanol–water partition coefficient (Wildman–Crippen LogP) is 3.58. The standard InChI is InChI=1S/C19H23N3O2/c1-14-9-11-22(12-10-14)18-8-7-15(13-20-18)21-19(23)16-5-3-4-6-17(16)24-2/h3-8,13-14H,9-12H2,1-2H3,(H,21,23). The van der Waals surface area contributed by atoms with E-state index < -0.39 is 0 Å². The van der Waals surface area contributed by atoms with E-state index in [1.54, 1.807) is 25.4 Å². The number of anilines is 2. The topological polar surface area (TPSA) is 54.5 Å². The second-order valence-electron chi connectivity index (χ2n) is 6.23. The molecular weight excluding hydrogens is 302 g/mol. The first-order valence-electron chi connectivity index (χ1n) is 8.32. The smallest absolute Gasteiger partial charge is 0.259 e. The van der Waals surface area contributed by atoms with Crippen LogP contribution < -0.4 is 15.0 Å². The zero-order valence-corrected chi connectivity index (χ0v) is 14.2. The molecule has 0 atom stereocenters. The molecule has 2 heterocycles. The Morgan fingerprint density at radius 3 is 2.62 bits per heavy atom. The molecule has 3 rings (SSSR count). The third-order valence-electron chi connectivity index (χ3n) is 4.46. The van der Waals surface area contributed by atoms with Crippen molar-refractivity contribution in [2.45, 2.75) is 19.8 Å². The summed E-state index contributed by atoms with van der Waals surface area (Å²) in [4.78, 5) is 19.2. The second-order valence-corrected chi connectivity index (χ2v) is 6.23. The molecule has 1 aromatic carbocycles. The lowest BCUT2D eigenvalue weighted by molar-refractivity contribution is 0.102. The SMILES string of the molecule is COc1ccccc1C(=O)Nc1ccc(N2CCC(C)CC2)nc1. The summed E-state index contributed by atoms with van der Waals surface area (Å²) in [5.74, 6) is 2.12. The number of hydrogen-bond acceptors (Lipinski definition) is 4. The Labute approximate surface area is 142 Å². The molecule has 1 saturated heterocycles. The van der Waals surface area contributed by atoms with Gasteiger partial charge in [0, 0.05) is 13.1 Å². The van der Waals surface area contributed by atoms with E-state index in [-0.39, 0.29) is 5.91 Å². The van der Waals surface area contributed by atoms with Crippen molar-refractivity contribution in [3.8, 4) is 5.75 Å². The van der Waals surface area contributed by atoms with E-state index >= 15 is 0 Å². The average molecular weight is 325 g/mol. The van der Waals surface area contributed by atoms with Crippen molar-refractivity contribution >= 4 is 17.4 Å². The minimum absolute atomic E-state index is 0.200. The molecule has 2 aromatic rings. The zero-order valence-electron chi connectivity index (χ0n) is 14.2. The fraction of sp³-hybridized carbons (Fsp3) is 0.368. The summed E-state index contributed by atoms with van der Waals surface area (Å²) in [5.41, 5.74) is 1.19. The van der Waals surface area contributed by atoms with Crippen LogP contribution in [0.5, 0.6) is 5.75 Å². The number of carbonyl (C=O) groups excluding carboxylic acids is 1. The molecule has 0 radical (unpaired) electrons. The molecule has 1 fully saturated rings. The Morgan fingerprint density at radius 2 is 1.96 bits per heavy atom. The van der Waals surface area contributed by atoms with Crippen molar-refractivity contribution in [3.63, 3.8) is 0 Å². The Hall–Kier alpha value is -2.56. The molecule has 1 aliphatic heterocycles. The first kappa shape index (κ1) is 16.3. The van der Waals surface area contributed by atoms with Gasteiger partial charge in [0.05, 0.1) is 24.6 Å². The van der Waals surface area contributed by atoms with Crippen LogP contribution in [0.1, 0.15) is 30.1 Å². The molecule has 126 valence electrons. The van der Waals surface area contributed by atoms with E-state index in [1.807, 2.05) is 24.3 Å². The van der Waals surface area contributed by atoms with Crippen LogP contribution in [0.15, 0.2) is 42.6 Å². The van der Waals surface area contributed by atoms with Gasteiger partial charge in [0.25, 0.3) is 5.91 Å². The molecule has 1 amide bonds. The lowest BCUT2D eigenvalue weighted by atomic mass is 9.99. The maximum absolute atomic E-state index is 12.4. The van der Waals surface area contributed by atoms with Gasteiger partial charge < -0.3 is 15.0 Å². The Kier molecular flexibility index (Phi) is 4.99. The van der Waals surface area contributed by atoms with E-state index in [2.05, 4.69) is 22.1 Å². The summed E-state index contributed by atoms with van der Waals surface area (Å²) >= 11 is 0. The van der Waals surface area contributed by atoms with Crippen molar-refractivity contribution in [3.05, 3.63) is 48.2 Å². The van der Waals surface area contributed by atoms with Gasteiger partial charge in [-0.25, -0.2) is 4.98 Å². The second kappa shape index (κ2) is 7.34. The summed E-state index contributed by atoms with van der Waals surface area (Å²) in [6, 6.07) is 11.0. The molecule has 24 heavy (non-hydrogen) atoms. The monoisotopic (exact) mass is 325 g/mol. The van der Waals surface area contributed by atoms with Crippen LogP contribution in [0, 0.1) is 5.92 Å². The summed E-state index contributed by atoms with van der Waals surface area (Å²) in [6.07, 6.45) is 4.11. The fourth-order valence-electron chi connectivity index (χ4n) is 2.92. The van der Waals surface area contributed by atoms with Gasteiger partial charge in [0.1, 0.15) is 11.6 Å². The lowest BCUT2D eigenvalue weighted by Crippen LogP contribution is -2.33. The van der Waals surface area contributed by atoms with Crippen LogP contribution >= 0.6 is 0 Å². The van der Waals surface area contributed by atoms with Gasteiger partial charge in [0.15, 0.2) is 0 Å². The molecule has 5 heteroatoms. The van der Waals surface area contributed by atoms with Crippen LogP contribution in [0.25, 0.3) is 0 Å². The Bertz CT molecular complexity index is 692. The fourth-order valence-corrected chi connectivity index (χ4v) is 2.92. The predicted molar refractivity (Wildman–Crippen MR) is 95.8 cm³/mol. The van der Waals surface area contributed by atoms with Crippen LogP contribution in [0.2, 0.25) is 0 Å². The Morgan fingerprint density at radius 1 is 1.21 bits per heavy atom. The number of carbonyl (C=O) groups is 1. The quantitative estimate of drug-likeness (QED) is 0.933. The molecule has 1 aliphatic rings. The van der Waals surface area contributed by atoms with Gasteiger partial charge in [-0.3, -0.25) is 4.79 Å². The highest BCUT2D eigenvalue weighted by molar-refractivity contribution is 6.06. The maximum Gasteiger partial charge on any atom is 0.259 e. The summed E-state index contributed by atoms with van der Waals surface area (Å²) in [7, 11) is 1.56. The highest BCUT2D eigenvalue weighted by Gasteiger charge is 2.17. The largest absolute Gasteiger partial charge is 0.496 e. The highest BCUT2D eigenvalue weighted by Crippen LogP contribution is 2.23. The highest BCUT2D eigenvalue weighted by atomic mass is 16.5. The van der Waals surface area contributed by atoms with Crippen molar-refractivity contribution in [2.75, 3.05) is 30.4 Å². The van der Waals surface area contributed by atoms with Gasteiger partial charge in [0.2, 0.25) is 0 Å². The first-order valence-corrected chi connectivity index (χ1v) is 8.32. The number of para-hydroxylation sites is 1. The van der Waals surface area contributed by atoms with Crippen molar-refractivity contribution in [2.24, 2.45) is 5.92 Å². The molecule has 0 saturated carbocycles. The molecule has 0 aliphatic carbocycles. The lowest BCUT2D eigenvalue weighted by Gasteiger charge is -2.31. The Balaban J connectivity index is 1.67. The van der Waals surface area contributed by atoms with Crippen molar-refractivity contribution in [1.82, 2.24) is 4.98 Å². The number of amides is 1. The molecular formula is C19H23N3O2. The number of ether oxygens (including phenoxy) is 1. The number of rotatable bonds is 4. The first-order chi connectivity index (χ1) is 11.7. The average Bonchev–Trinajstić information content (AvgIpc) is 2.63. The molecule has 5 nitrogen and oxygen atoms in total. The zero-order chi connectivity index (χ0) is 16.9. The summed E-state index contributed by atoms with van der Waals surface area (Å²) < 4.78 is 5.23. The van der Waals surface area contributed by atoms with Gasteiger partial charge in [-0.15, -0.1) is 0 Å². The van der Waals surface area contributed by atoms with E-state index in [9.17, 15) is 4.79 Å². The van der Waals surface area contributed by atoms with Crippen LogP contribution in [-0.2, 0) is 0 Å². The number of nitrogens with zero attached hydrogens (tertiary/aromatic N) is 2. The third kappa shape index (κ3) is 3.67. The third-order valence-corrected chi connectivity index (χ3v) is 4.46.